The van der Waals surface area contributed by atoms with Gasteiger partial charge in [-0.15, -0.1) is 0 Å². The molecule has 0 aromatic heterocycles. The summed E-state index contributed by atoms with van der Waals surface area (Å²) in [6.07, 6.45) is 8.39. The summed E-state index contributed by atoms with van der Waals surface area (Å²) in [7, 11) is 1.70. The Morgan fingerprint density at radius 1 is 1.36 bits per heavy atom. The lowest BCUT2D eigenvalue weighted by Crippen LogP contribution is -2.64. The smallest absolute Gasteiger partial charge is 0.303 e. The number of carbonyl (C=O) groups is 1. The number of hydrogen-bond donors (Lipinski definition) is 3. The molecule has 0 radical (unpaired) electrons. The van der Waals surface area contributed by atoms with Crippen molar-refractivity contribution in [1.82, 2.24) is 0 Å². The summed E-state index contributed by atoms with van der Waals surface area (Å²) in [6.45, 7) is 2.11. The minimum absolute atomic E-state index is 0.0727. The second-order valence-electron chi connectivity index (χ2n) is 8.82. The topological polar surface area (TPSA) is 87.0 Å². The van der Waals surface area contributed by atoms with Crippen molar-refractivity contribution in [2.24, 2.45) is 23.7 Å². The first-order valence-electron chi connectivity index (χ1n) is 10.7. The molecule has 0 aromatic carbocycles. The molecule has 0 aromatic rings. The number of aliphatic carboxylic acids is 1. The molecule has 156 valence electrons. The summed E-state index contributed by atoms with van der Waals surface area (Å²) in [4.78, 5) is 10.8. The third-order valence-electron chi connectivity index (χ3n) is 7.20. The van der Waals surface area contributed by atoms with Gasteiger partial charge in [-0.25, -0.2) is 0 Å². The number of methoxy groups -OCH3 is 1. The van der Waals surface area contributed by atoms with Crippen LogP contribution in [-0.4, -0.2) is 46.2 Å². The van der Waals surface area contributed by atoms with Gasteiger partial charge in [-0.05, 0) is 43.1 Å². The zero-order chi connectivity index (χ0) is 20.3. The summed E-state index contributed by atoms with van der Waals surface area (Å²) >= 11 is 0. The third-order valence-corrected chi connectivity index (χ3v) is 7.20. The van der Waals surface area contributed by atoms with Gasteiger partial charge in [0.05, 0.1) is 17.6 Å². The maximum atomic E-state index is 10.8. The van der Waals surface area contributed by atoms with Gasteiger partial charge in [0, 0.05) is 19.4 Å². The Kier molecular flexibility index (Phi) is 6.85. The van der Waals surface area contributed by atoms with Crippen LogP contribution in [0.1, 0.15) is 64.7 Å². The van der Waals surface area contributed by atoms with Gasteiger partial charge in [-0.1, -0.05) is 50.5 Å². The second-order valence-corrected chi connectivity index (χ2v) is 8.82. The maximum absolute atomic E-state index is 10.8. The van der Waals surface area contributed by atoms with Crippen LogP contribution in [0.15, 0.2) is 11.6 Å². The van der Waals surface area contributed by atoms with E-state index in [0.29, 0.717) is 18.8 Å². The number of aliphatic hydroxyl groups excluding tert-OH is 2. The first-order chi connectivity index (χ1) is 13.4. The quantitative estimate of drug-likeness (QED) is 0.479. The number of ether oxygens (including phenoxy) is 1. The van der Waals surface area contributed by atoms with Gasteiger partial charge in [-0.2, -0.15) is 0 Å². The normalized spacial score (nSPS) is 37.6. The Labute approximate surface area is 168 Å². The average Bonchev–Trinajstić information content (AvgIpc) is 3.16. The maximum Gasteiger partial charge on any atom is 0.303 e. The van der Waals surface area contributed by atoms with Crippen molar-refractivity contribution in [3.8, 4) is 11.8 Å². The molecule has 5 heteroatoms. The number of aliphatic hydroxyl groups is 2. The minimum atomic E-state index is -0.800. The molecule has 0 amide bonds. The highest BCUT2D eigenvalue weighted by molar-refractivity contribution is 5.66. The molecule has 0 bridgehead atoms. The molecule has 5 nitrogen and oxygen atoms in total. The minimum Gasteiger partial charge on any atom is -0.481 e. The molecule has 6 atom stereocenters. The van der Waals surface area contributed by atoms with Gasteiger partial charge in [-0.3, -0.25) is 4.79 Å². The number of hydrogen-bond acceptors (Lipinski definition) is 4. The predicted molar refractivity (Wildman–Crippen MR) is 106 cm³/mol. The van der Waals surface area contributed by atoms with E-state index in [9.17, 15) is 15.0 Å². The molecule has 0 aliphatic heterocycles. The average molecular weight is 391 g/mol. The van der Waals surface area contributed by atoms with Crippen molar-refractivity contribution in [3.05, 3.63) is 11.6 Å². The zero-order valence-electron chi connectivity index (χ0n) is 17.1. The molecule has 0 heterocycles. The van der Waals surface area contributed by atoms with Crippen LogP contribution in [0.25, 0.3) is 0 Å². The number of carboxylic acids is 1. The van der Waals surface area contributed by atoms with Gasteiger partial charge in [0.25, 0.3) is 0 Å². The summed E-state index contributed by atoms with van der Waals surface area (Å²) < 4.78 is 5.95. The van der Waals surface area contributed by atoms with Crippen LogP contribution < -0.4 is 0 Å². The molecular formula is C23H34O5. The standard InChI is InChI=1S/C23H34O5/c1-15-19(8-5-9-21(26)27)23(28-2)13-12-20(25)18(22(15)23)11-10-17(24)14-16-6-3-4-7-16/h8,15-18,20,22,24-25H,3-7,9,12-14H2,1-2H3,(H,26,27). The van der Waals surface area contributed by atoms with Crippen LogP contribution in [0.4, 0.5) is 0 Å². The monoisotopic (exact) mass is 390 g/mol. The lowest BCUT2D eigenvalue weighted by molar-refractivity contribution is -0.162. The highest BCUT2D eigenvalue weighted by atomic mass is 16.5. The van der Waals surface area contributed by atoms with E-state index in [1.54, 1.807) is 7.11 Å². The van der Waals surface area contributed by atoms with Crippen LogP contribution in [0.3, 0.4) is 0 Å². The summed E-state index contributed by atoms with van der Waals surface area (Å²) in [5.41, 5.74) is 0.693. The Morgan fingerprint density at radius 3 is 2.71 bits per heavy atom. The molecule has 3 N–H and O–H groups in total. The molecule has 3 rings (SSSR count). The Morgan fingerprint density at radius 2 is 2.07 bits per heavy atom. The van der Waals surface area contributed by atoms with E-state index in [0.717, 1.165) is 18.4 Å². The van der Waals surface area contributed by atoms with Gasteiger partial charge >= 0.3 is 5.97 Å². The van der Waals surface area contributed by atoms with Crippen LogP contribution in [-0.2, 0) is 9.53 Å². The lowest BCUT2D eigenvalue weighted by Gasteiger charge is -2.61. The van der Waals surface area contributed by atoms with E-state index < -0.39 is 23.8 Å². The van der Waals surface area contributed by atoms with Crippen LogP contribution >= 0.6 is 0 Å². The first kappa shape index (κ1) is 21.4. The second kappa shape index (κ2) is 8.98. The van der Waals surface area contributed by atoms with E-state index in [1.807, 2.05) is 6.08 Å². The van der Waals surface area contributed by atoms with Crippen molar-refractivity contribution in [2.45, 2.75) is 82.5 Å². The fourth-order valence-electron chi connectivity index (χ4n) is 5.84. The molecule has 6 unspecified atom stereocenters. The Bertz CT molecular complexity index is 654. The fourth-order valence-corrected chi connectivity index (χ4v) is 5.84. The van der Waals surface area contributed by atoms with E-state index in [1.165, 1.54) is 25.7 Å². The molecular weight excluding hydrogens is 356 g/mol. The van der Waals surface area contributed by atoms with Crippen LogP contribution in [0.5, 0.6) is 0 Å². The lowest BCUT2D eigenvalue weighted by atomic mass is 9.48. The summed E-state index contributed by atoms with van der Waals surface area (Å²) in [6, 6.07) is 0. The van der Waals surface area contributed by atoms with Gasteiger partial charge in [0.2, 0.25) is 0 Å². The van der Waals surface area contributed by atoms with Crippen LogP contribution in [0, 0.1) is 35.5 Å². The molecule has 3 saturated carbocycles. The number of rotatable bonds is 6. The van der Waals surface area contributed by atoms with E-state index in [2.05, 4.69) is 18.8 Å². The summed E-state index contributed by atoms with van der Waals surface area (Å²) in [5.74, 6) is 6.04. The molecule has 0 saturated heterocycles. The molecule has 28 heavy (non-hydrogen) atoms. The van der Waals surface area contributed by atoms with E-state index in [-0.39, 0.29) is 24.2 Å². The highest BCUT2D eigenvalue weighted by Gasteiger charge is 2.62. The Balaban J connectivity index is 1.72. The van der Waals surface area contributed by atoms with Gasteiger partial charge in [0.1, 0.15) is 6.10 Å². The number of carboxylic acid groups (broad SMARTS) is 1. The largest absolute Gasteiger partial charge is 0.481 e. The SMILES string of the molecule is COC12CCC(O)C(C#CC(O)CC3CCCC3)C1C(C)C2=CCCC(=O)O. The van der Waals surface area contributed by atoms with Gasteiger partial charge < -0.3 is 20.1 Å². The van der Waals surface area contributed by atoms with Crippen molar-refractivity contribution in [2.75, 3.05) is 7.11 Å². The predicted octanol–water partition coefficient (Wildman–Crippen LogP) is 3.14. The Hall–Kier alpha value is -1.35. The molecule has 3 aliphatic carbocycles. The zero-order valence-corrected chi connectivity index (χ0v) is 17.1. The van der Waals surface area contributed by atoms with E-state index >= 15 is 0 Å². The number of allylic oxidation sites excluding steroid dienone is 1. The van der Waals surface area contributed by atoms with Crippen LogP contribution in [0.2, 0.25) is 0 Å². The van der Waals surface area contributed by atoms with Crippen molar-refractivity contribution in [1.29, 1.82) is 0 Å². The molecule has 3 aliphatic rings. The van der Waals surface area contributed by atoms with Crippen molar-refractivity contribution >= 4 is 5.97 Å². The molecule has 3 fully saturated rings. The number of fused-ring (bicyclic) bond motifs is 1. The highest BCUT2D eigenvalue weighted by Crippen LogP contribution is 2.60. The van der Waals surface area contributed by atoms with Gasteiger partial charge in [0.15, 0.2) is 0 Å². The first-order valence-corrected chi connectivity index (χ1v) is 10.7. The molecule has 0 spiro atoms. The third kappa shape index (κ3) is 4.15. The van der Waals surface area contributed by atoms with E-state index in [4.69, 9.17) is 9.84 Å². The fraction of sp³-hybridized carbons (Fsp3) is 0.783. The van der Waals surface area contributed by atoms with Crippen molar-refractivity contribution in [3.63, 3.8) is 0 Å². The summed E-state index contributed by atoms with van der Waals surface area (Å²) in [5, 5.41) is 29.9. The van der Waals surface area contributed by atoms with Crippen molar-refractivity contribution < 1.29 is 24.9 Å².